The van der Waals surface area contributed by atoms with Gasteiger partial charge in [0.1, 0.15) is 0 Å². The predicted octanol–water partition coefficient (Wildman–Crippen LogP) is 2.03. The van der Waals surface area contributed by atoms with Crippen molar-refractivity contribution in [1.82, 2.24) is 0 Å². The van der Waals surface area contributed by atoms with Crippen LogP contribution in [0, 0.1) is 5.92 Å². The molecule has 0 radical (unpaired) electrons. The van der Waals surface area contributed by atoms with Crippen molar-refractivity contribution >= 4 is 5.97 Å². The van der Waals surface area contributed by atoms with Crippen LogP contribution in [-0.4, -0.2) is 24.2 Å². The van der Waals surface area contributed by atoms with Crippen molar-refractivity contribution in [2.75, 3.05) is 13.2 Å². The van der Waals surface area contributed by atoms with Gasteiger partial charge in [-0.05, 0) is 24.9 Å². The van der Waals surface area contributed by atoms with Crippen LogP contribution >= 0.6 is 0 Å². The van der Waals surface area contributed by atoms with E-state index in [1.165, 1.54) is 0 Å². The zero-order valence-electron chi connectivity index (χ0n) is 10.5. The summed E-state index contributed by atoms with van der Waals surface area (Å²) in [6.07, 6.45) is 2.33. The summed E-state index contributed by atoms with van der Waals surface area (Å²) in [4.78, 5) is 11.0. The Labute approximate surface area is 108 Å². The molecule has 1 rings (SSSR count). The zero-order valence-corrected chi connectivity index (χ0v) is 10.5. The lowest BCUT2D eigenvalue weighted by molar-refractivity contribution is -0.144. The first-order valence-electron chi connectivity index (χ1n) is 6.28. The number of aliphatic carboxylic acids is 1. The SMILES string of the molecule is NCCCCC(COCc1ccccc1)C(=O)O. The van der Waals surface area contributed by atoms with E-state index in [-0.39, 0.29) is 6.61 Å². The highest BCUT2D eigenvalue weighted by molar-refractivity contribution is 5.70. The van der Waals surface area contributed by atoms with E-state index in [0.29, 0.717) is 19.6 Å². The van der Waals surface area contributed by atoms with Crippen molar-refractivity contribution in [2.24, 2.45) is 11.7 Å². The van der Waals surface area contributed by atoms with Crippen LogP contribution in [0.5, 0.6) is 0 Å². The summed E-state index contributed by atoms with van der Waals surface area (Å²) in [5.41, 5.74) is 6.45. The van der Waals surface area contributed by atoms with Crippen LogP contribution in [0.4, 0.5) is 0 Å². The van der Waals surface area contributed by atoms with E-state index in [4.69, 9.17) is 15.6 Å². The fraction of sp³-hybridized carbons (Fsp3) is 0.500. The molecule has 1 aromatic carbocycles. The molecule has 1 atom stereocenters. The number of rotatable bonds is 9. The molecule has 3 N–H and O–H groups in total. The third kappa shape index (κ3) is 5.80. The molecule has 0 heterocycles. The van der Waals surface area contributed by atoms with Gasteiger partial charge < -0.3 is 15.6 Å². The van der Waals surface area contributed by atoms with Gasteiger partial charge in [0.15, 0.2) is 0 Å². The number of benzene rings is 1. The summed E-state index contributed by atoms with van der Waals surface area (Å²) in [5, 5.41) is 9.06. The maximum atomic E-state index is 11.0. The smallest absolute Gasteiger partial charge is 0.308 e. The quantitative estimate of drug-likeness (QED) is 0.659. The van der Waals surface area contributed by atoms with E-state index in [0.717, 1.165) is 18.4 Å². The number of hydrogen-bond donors (Lipinski definition) is 2. The Balaban J connectivity index is 2.27. The van der Waals surface area contributed by atoms with Crippen LogP contribution < -0.4 is 5.73 Å². The van der Waals surface area contributed by atoms with E-state index in [9.17, 15) is 4.79 Å². The summed E-state index contributed by atoms with van der Waals surface area (Å²) in [6, 6.07) is 9.74. The van der Waals surface area contributed by atoms with Crippen molar-refractivity contribution in [2.45, 2.75) is 25.9 Å². The molecule has 1 unspecified atom stereocenters. The van der Waals surface area contributed by atoms with Crippen molar-refractivity contribution in [3.05, 3.63) is 35.9 Å². The molecule has 0 saturated heterocycles. The first-order chi connectivity index (χ1) is 8.74. The third-order valence-corrected chi connectivity index (χ3v) is 2.79. The minimum atomic E-state index is -0.792. The van der Waals surface area contributed by atoms with Crippen LogP contribution in [0.2, 0.25) is 0 Å². The molecular formula is C14H21NO3. The van der Waals surface area contributed by atoms with Crippen LogP contribution in [0.15, 0.2) is 30.3 Å². The van der Waals surface area contributed by atoms with Gasteiger partial charge in [-0.25, -0.2) is 0 Å². The molecule has 0 aliphatic rings. The molecule has 18 heavy (non-hydrogen) atoms. The van der Waals surface area contributed by atoms with Crippen LogP contribution in [0.3, 0.4) is 0 Å². The Morgan fingerprint density at radius 1 is 1.28 bits per heavy atom. The number of ether oxygens (including phenoxy) is 1. The summed E-state index contributed by atoms with van der Waals surface area (Å²) in [6.45, 7) is 1.33. The van der Waals surface area contributed by atoms with Gasteiger partial charge >= 0.3 is 5.97 Å². The maximum Gasteiger partial charge on any atom is 0.308 e. The lowest BCUT2D eigenvalue weighted by atomic mass is 10.0. The van der Waals surface area contributed by atoms with E-state index in [1.54, 1.807) is 0 Å². The second kappa shape index (κ2) is 8.66. The second-order valence-electron chi connectivity index (χ2n) is 4.32. The topological polar surface area (TPSA) is 72.5 Å². The normalized spacial score (nSPS) is 12.3. The first kappa shape index (κ1) is 14.7. The molecule has 4 nitrogen and oxygen atoms in total. The fourth-order valence-corrected chi connectivity index (χ4v) is 1.71. The van der Waals surface area contributed by atoms with Gasteiger partial charge in [0.2, 0.25) is 0 Å². The fourth-order valence-electron chi connectivity index (χ4n) is 1.71. The first-order valence-corrected chi connectivity index (χ1v) is 6.28. The lowest BCUT2D eigenvalue weighted by Crippen LogP contribution is -2.20. The van der Waals surface area contributed by atoms with Gasteiger partial charge in [-0.1, -0.05) is 36.8 Å². The third-order valence-electron chi connectivity index (χ3n) is 2.79. The van der Waals surface area contributed by atoms with Crippen molar-refractivity contribution < 1.29 is 14.6 Å². The molecule has 4 heteroatoms. The number of carboxylic acid groups (broad SMARTS) is 1. The summed E-state index contributed by atoms with van der Waals surface area (Å²) in [5.74, 6) is -1.22. The summed E-state index contributed by atoms with van der Waals surface area (Å²) >= 11 is 0. The van der Waals surface area contributed by atoms with Gasteiger partial charge in [0.25, 0.3) is 0 Å². The monoisotopic (exact) mass is 251 g/mol. The Morgan fingerprint density at radius 3 is 2.61 bits per heavy atom. The van der Waals surface area contributed by atoms with Gasteiger partial charge in [-0.3, -0.25) is 4.79 Å². The van der Waals surface area contributed by atoms with Crippen LogP contribution in [0.1, 0.15) is 24.8 Å². The van der Waals surface area contributed by atoms with Gasteiger partial charge in [0, 0.05) is 0 Å². The zero-order chi connectivity index (χ0) is 13.2. The van der Waals surface area contributed by atoms with Gasteiger partial charge in [-0.2, -0.15) is 0 Å². The molecule has 100 valence electrons. The van der Waals surface area contributed by atoms with E-state index in [2.05, 4.69) is 0 Å². The number of unbranched alkanes of at least 4 members (excludes halogenated alkanes) is 1. The molecule has 0 aromatic heterocycles. The number of hydrogen-bond acceptors (Lipinski definition) is 3. The average Bonchev–Trinajstić information content (AvgIpc) is 2.38. The molecule has 0 bridgehead atoms. The highest BCUT2D eigenvalue weighted by Crippen LogP contribution is 2.11. The highest BCUT2D eigenvalue weighted by atomic mass is 16.5. The minimum Gasteiger partial charge on any atom is -0.481 e. The van der Waals surface area contributed by atoms with Crippen molar-refractivity contribution in [3.8, 4) is 0 Å². The number of nitrogens with two attached hydrogens (primary N) is 1. The Morgan fingerprint density at radius 2 is 2.00 bits per heavy atom. The standard InChI is InChI=1S/C14H21NO3/c15-9-5-4-8-13(14(16)17)11-18-10-12-6-2-1-3-7-12/h1-3,6-7,13H,4-5,8-11,15H2,(H,16,17). The van der Waals surface area contributed by atoms with E-state index >= 15 is 0 Å². The molecule has 1 aromatic rings. The van der Waals surface area contributed by atoms with Crippen molar-refractivity contribution in [3.63, 3.8) is 0 Å². The maximum absolute atomic E-state index is 11.0. The van der Waals surface area contributed by atoms with Crippen molar-refractivity contribution in [1.29, 1.82) is 0 Å². The van der Waals surface area contributed by atoms with Crippen LogP contribution in [-0.2, 0) is 16.1 Å². The number of carbonyl (C=O) groups is 1. The van der Waals surface area contributed by atoms with Gasteiger partial charge in [0.05, 0.1) is 19.1 Å². The highest BCUT2D eigenvalue weighted by Gasteiger charge is 2.16. The molecule has 0 amide bonds. The molecule has 0 saturated carbocycles. The molecular weight excluding hydrogens is 230 g/mol. The van der Waals surface area contributed by atoms with E-state index < -0.39 is 11.9 Å². The second-order valence-corrected chi connectivity index (χ2v) is 4.32. The largest absolute Gasteiger partial charge is 0.481 e. The van der Waals surface area contributed by atoms with E-state index in [1.807, 2.05) is 30.3 Å². The molecule has 0 aliphatic heterocycles. The average molecular weight is 251 g/mol. The Hall–Kier alpha value is -1.39. The Bertz CT molecular complexity index is 340. The minimum absolute atomic E-state index is 0.259. The Kier molecular flexibility index (Phi) is 7.06. The molecule has 0 fully saturated rings. The van der Waals surface area contributed by atoms with Gasteiger partial charge in [-0.15, -0.1) is 0 Å². The summed E-state index contributed by atoms with van der Waals surface area (Å²) < 4.78 is 5.46. The molecule has 0 spiro atoms. The number of carboxylic acids is 1. The lowest BCUT2D eigenvalue weighted by Gasteiger charge is -2.12. The van der Waals surface area contributed by atoms with Crippen LogP contribution in [0.25, 0.3) is 0 Å². The molecule has 0 aliphatic carbocycles. The summed E-state index contributed by atoms with van der Waals surface area (Å²) in [7, 11) is 0. The predicted molar refractivity (Wildman–Crippen MR) is 70.1 cm³/mol.